The summed E-state index contributed by atoms with van der Waals surface area (Å²) in [5, 5.41) is 0. The molecular weight excluding hydrogens is 490 g/mol. The lowest BCUT2D eigenvalue weighted by Crippen LogP contribution is -2.45. The van der Waals surface area contributed by atoms with Crippen molar-refractivity contribution in [1.29, 1.82) is 0 Å². The first-order chi connectivity index (χ1) is 19.4. The van der Waals surface area contributed by atoms with E-state index in [1.807, 2.05) is 0 Å². The van der Waals surface area contributed by atoms with Gasteiger partial charge in [0.05, 0.1) is 12.6 Å². The molecule has 4 nitrogen and oxygen atoms in total. The van der Waals surface area contributed by atoms with Crippen LogP contribution in [0.4, 0.5) is 0 Å². The molecule has 4 aliphatic rings. The highest BCUT2D eigenvalue weighted by molar-refractivity contribution is 6.05. The third-order valence-corrected chi connectivity index (χ3v) is 9.57. The molecule has 0 aromatic heterocycles. The van der Waals surface area contributed by atoms with Crippen molar-refractivity contribution in [1.82, 2.24) is 4.90 Å². The summed E-state index contributed by atoms with van der Waals surface area (Å²) in [6, 6.07) is 8.38. The van der Waals surface area contributed by atoms with Crippen LogP contribution in [-0.4, -0.2) is 55.3 Å². The number of benzene rings is 1. The van der Waals surface area contributed by atoms with Crippen molar-refractivity contribution in [2.45, 2.75) is 110 Å². The predicted molar refractivity (Wildman–Crippen MR) is 171 cm³/mol. The number of hydrogen-bond donors (Lipinski definition) is 0. The van der Waals surface area contributed by atoms with Crippen molar-refractivity contribution in [2.75, 3.05) is 26.3 Å². The molecule has 2 fully saturated rings. The number of piperidine rings is 1. The van der Waals surface area contributed by atoms with E-state index in [-0.39, 0.29) is 0 Å². The number of hydrogen-bond acceptors (Lipinski definition) is 4. The summed E-state index contributed by atoms with van der Waals surface area (Å²) in [4.78, 5) is 12.0. The van der Waals surface area contributed by atoms with Gasteiger partial charge in [-0.1, -0.05) is 57.5 Å². The number of aliphatic imine (C=N–C) groups is 2. The van der Waals surface area contributed by atoms with Crippen LogP contribution >= 0.6 is 0 Å². The second-order valence-corrected chi connectivity index (χ2v) is 12.8. The Labute approximate surface area is 243 Å². The van der Waals surface area contributed by atoms with Gasteiger partial charge in [-0.2, -0.15) is 0 Å². The molecular formula is C36H51N3O. The van der Waals surface area contributed by atoms with Gasteiger partial charge in [-0.05, 0) is 123 Å². The van der Waals surface area contributed by atoms with Crippen molar-refractivity contribution >= 4 is 17.6 Å². The average molecular weight is 542 g/mol. The Morgan fingerprint density at radius 1 is 1.10 bits per heavy atom. The van der Waals surface area contributed by atoms with Crippen molar-refractivity contribution < 1.29 is 4.74 Å². The molecule has 2 bridgehead atoms. The first kappa shape index (κ1) is 29.2. The lowest BCUT2D eigenvalue weighted by molar-refractivity contribution is 0.00885. The Hall–Kier alpha value is -2.30. The summed E-state index contributed by atoms with van der Waals surface area (Å²) in [6.45, 7) is 15.9. The van der Waals surface area contributed by atoms with Gasteiger partial charge < -0.3 is 4.74 Å². The Morgan fingerprint density at radius 3 is 2.65 bits per heavy atom. The van der Waals surface area contributed by atoms with Gasteiger partial charge in [-0.15, -0.1) is 0 Å². The van der Waals surface area contributed by atoms with E-state index in [2.05, 4.69) is 79.9 Å². The molecule has 0 spiro atoms. The van der Waals surface area contributed by atoms with Crippen LogP contribution < -0.4 is 0 Å². The molecule has 1 aliphatic carbocycles. The summed E-state index contributed by atoms with van der Waals surface area (Å²) in [5.41, 5.74) is 11.4. The fraction of sp³-hybridized carbons (Fsp3) is 0.611. The van der Waals surface area contributed by atoms with Gasteiger partial charge in [0.25, 0.3) is 0 Å². The fourth-order valence-corrected chi connectivity index (χ4v) is 7.28. The summed E-state index contributed by atoms with van der Waals surface area (Å²) >= 11 is 0. The molecule has 1 aromatic carbocycles. The molecule has 5 rings (SSSR count). The molecule has 40 heavy (non-hydrogen) atoms. The molecule has 0 radical (unpaired) electrons. The highest BCUT2D eigenvalue weighted by atomic mass is 16.5. The maximum atomic E-state index is 5.80. The Balaban J connectivity index is 1.47. The highest BCUT2D eigenvalue weighted by Gasteiger charge is 2.28. The van der Waals surface area contributed by atoms with Crippen LogP contribution in [-0.2, 0) is 4.74 Å². The normalized spacial score (nSPS) is 28.0. The number of ether oxygens (including phenoxy) is 1. The van der Waals surface area contributed by atoms with Crippen LogP contribution in [0, 0.1) is 12.8 Å². The molecule has 2 saturated heterocycles. The van der Waals surface area contributed by atoms with Crippen molar-refractivity contribution in [2.24, 2.45) is 15.9 Å². The van der Waals surface area contributed by atoms with Crippen LogP contribution in [0.5, 0.6) is 0 Å². The second kappa shape index (κ2) is 13.6. The third-order valence-electron chi connectivity index (χ3n) is 9.57. The van der Waals surface area contributed by atoms with Gasteiger partial charge >= 0.3 is 0 Å². The zero-order valence-corrected chi connectivity index (χ0v) is 25.7. The monoisotopic (exact) mass is 541 g/mol. The molecule has 0 amide bonds. The van der Waals surface area contributed by atoms with Crippen LogP contribution in [0.2, 0.25) is 0 Å². The van der Waals surface area contributed by atoms with E-state index < -0.39 is 0 Å². The maximum Gasteiger partial charge on any atom is 0.110 e. The fourth-order valence-electron chi connectivity index (χ4n) is 7.28. The minimum atomic E-state index is 0.366. The van der Waals surface area contributed by atoms with Gasteiger partial charge in [-0.25, -0.2) is 4.99 Å². The largest absolute Gasteiger partial charge is 0.380 e. The minimum Gasteiger partial charge on any atom is -0.380 e. The lowest BCUT2D eigenvalue weighted by Gasteiger charge is -2.39. The summed E-state index contributed by atoms with van der Waals surface area (Å²) in [6.07, 6.45) is 17.1. The standard InChI is InChI=1S/C36H51N3O/c1-6-9-33(30-10-7-11-31-22-35(27(5)20-30)38-24-37-31)36(25(2)3)34-21-29(14-13-26(34)4)28-15-17-39(18-16-28)32-12-8-19-40-23-32/h10,13-14,20-21,24-25,28,31-32H,6-9,11-12,15-19,22-23H2,1-5H3/b27-20-,30-10+,36-33+. The van der Waals surface area contributed by atoms with Gasteiger partial charge in [-0.3, -0.25) is 9.89 Å². The third kappa shape index (κ3) is 6.77. The molecule has 4 heteroatoms. The maximum absolute atomic E-state index is 5.80. The molecule has 2 atom stereocenters. The first-order valence-electron chi connectivity index (χ1n) is 16.1. The number of aryl methyl sites for hydroxylation is 1. The number of rotatable bonds is 7. The smallest absolute Gasteiger partial charge is 0.110 e. The van der Waals surface area contributed by atoms with Gasteiger partial charge in [0, 0.05) is 24.8 Å². The van der Waals surface area contributed by atoms with Gasteiger partial charge in [0.15, 0.2) is 0 Å². The lowest BCUT2D eigenvalue weighted by atomic mass is 9.80. The van der Waals surface area contributed by atoms with E-state index in [9.17, 15) is 0 Å². The number of allylic oxidation sites excluding steroid dienone is 6. The number of nitrogens with zero attached hydrogens (tertiary/aromatic N) is 3. The zero-order chi connectivity index (χ0) is 28.1. The Bertz CT molecular complexity index is 1190. The summed E-state index contributed by atoms with van der Waals surface area (Å²) in [5.74, 6) is 1.09. The van der Waals surface area contributed by atoms with Crippen molar-refractivity contribution in [3.05, 3.63) is 63.8 Å². The second-order valence-electron chi connectivity index (χ2n) is 12.8. The van der Waals surface area contributed by atoms with Crippen LogP contribution in [0.25, 0.3) is 5.57 Å². The SMILES string of the molecule is CCCC(/C1=C/CCC2CC(=NC=N2)/C(C)=C\1)=C(\c1cc(C2CCN(C3CCCOC3)CC2)ccc1C)C(C)C. The van der Waals surface area contributed by atoms with E-state index in [1.165, 1.54) is 83.5 Å². The van der Waals surface area contributed by atoms with Crippen LogP contribution in [0.3, 0.4) is 0 Å². The predicted octanol–water partition coefficient (Wildman–Crippen LogP) is 8.47. The molecule has 216 valence electrons. The van der Waals surface area contributed by atoms with E-state index in [1.54, 1.807) is 6.34 Å². The highest BCUT2D eigenvalue weighted by Crippen LogP contribution is 2.39. The zero-order valence-electron chi connectivity index (χ0n) is 25.7. The molecule has 1 aromatic rings. The Morgan fingerprint density at radius 2 is 1.93 bits per heavy atom. The quantitative estimate of drug-likeness (QED) is 0.347. The Kier molecular flexibility index (Phi) is 9.91. The van der Waals surface area contributed by atoms with E-state index in [4.69, 9.17) is 4.74 Å². The first-order valence-corrected chi connectivity index (χ1v) is 16.1. The molecule has 2 unspecified atom stereocenters. The number of fused-ring (bicyclic) bond motifs is 2. The number of likely N-dealkylation sites (tertiary alicyclic amines) is 1. The van der Waals surface area contributed by atoms with Crippen LogP contribution in [0.1, 0.15) is 108 Å². The van der Waals surface area contributed by atoms with Gasteiger partial charge in [0.1, 0.15) is 6.34 Å². The van der Waals surface area contributed by atoms with E-state index >= 15 is 0 Å². The van der Waals surface area contributed by atoms with Crippen molar-refractivity contribution in [3.63, 3.8) is 0 Å². The molecule has 0 saturated carbocycles. The topological polar surface area (TPSA) is 37.2 Å². The van der Waals surface area contributed by atoms with Crippen LogP contribution in [0.15, 0.2) is 57.1 Å². The molecule has 0 N–H and O–H groups in total. The summed E-state index contributed by atoms with van der Waals surface area (Å²) < 4.78 is 5.80. The molecule has 3 heterocycles. The van der Waals surface area contributed by atoms with Gasteiger partial charge in [0.2, 0.25) is 0 Å². The van der Waals surface area contributed by atoms with E-state index in [0.29, 0.717) is 23.9 Å². The van der Waals surface area contributed by atoms with Crippen molar-refractivity contribution in [3.8, 4) is 0 Å². The molecule has 3 aliphatic heterocycles. The average Bonchev–Trinajstić information content (AvgIpc) is 3.02. The van der Waals surface area contributed by atoms with E-state index in [0.717, 1.165) is 45.3 Å². The summed E-state index contributed by atoms with van der Waals surface area (Å²) in [7, 11) is 0. The minimum absolute atomic E-state index is 0.366.